The molecule has 3 aliphatic heterocycles. The van der Waals surface area contributed by atoms with Crippen molar-refractivity contribution >= 4 is 11.9 Å². The monoisotopic (exact) mass is 1030 g/mol. The molecule has 3 saturated heterocycles. The Labute approximate surface area is 422 Å². The molecule has 404 valence electrons. The van der Waals surface area contributed by atoms with Gasteiger partial charge in [-0.15, -0.1) is 5.10 Å². The number of hydrogen-bond donors (Lipinski definition) is 9. The molecule has 9 N–H and O–H groups in total. The van der Waals surface area contributed by atoms with Gasteiger partial charge in [0.1, 0.15) is 66.7 Å². The highest BCUT2D eigenvalue weighted by molar-refractivity contribution is 5.89. The number of aromatic nitrogens is 3. The van der Waals surface area contributed by atoms with Crippen molar-refractivity contribution in [2.24, 2.45) is 17.8 Å². The molecule has 3 aromatic rings. The molecule has 2 aromatic carbocycles. The fourth-order valence-electron chi connectivity index (χ4n) is 11.0. The summed E-state index contributed by atoms with van der Waals surface area (Å²) >= 11 is 0. The Morgan fingerprint density at radius 1 is 0.740 bits per heavy atom. The quantitative estimate of drug-likeness (QED) is 0.0803. The number of hydrogen-bond acceptors (Lipinski definition) is 20. The SMILES string of the molecule is Cc1cccc(-c2cn(C3C(O)[C@@H](OCC4CC(C)[C@@H](O[C@@H]5OC(C)[C@@H](O)[C@H](O)C5O)[C@H](O[C@@H]5O[C@@H](CO)[C@H](O)C(O[C@@H](CC6CCCCC6)C(=O)O)C5OC(=O)c5ccccc5)C4)OC(CO)[C@H]3O)nn2)c1. The van der Waals surface area contributed by atoms with Crippen LogP contribution in [0.2, 0.25) is 0 Å². The molecule has 2 saturated carbocycles. The Bertz CT molecular complexity index is 2240. The number of rotatable bonds is 18. The van der Waals surface area contributed by atoms with E-state index in [4.69, 9.17) is 37.9 Å². The molecular formula is C51H71N3O19. The number of aryl methyl sites for hydroxylation is 1. The molecule has 0 bridgehead atoms. The van der Waals surface area contributed by atoms with Crippen LogP contribution in [0.25, 0.3) is 11.3 Å². The molecule has 5 aliphatic rings. The molecule has 4 heterocycles. The van der Waals surface area contributed by atoms with Gasteiger partial charge < -0.3 is 83.9 Å². The van der Waals surface area contributed by atoms with Crippen LogP contribution in [0.15, 0.2) is 60.8 Å². The summed E-state index contributed by atoms with van der Waals surface area (Å²) in [6.45, 7) is 3.73. The second-order valence-electron chi connectivity index (χ2n) is 20.4. The van der Waals surface area contributed by atoms with Crippen LogP contribution in [0.4, 0.5) is 0 Å². The first-order valence-corrected chi connectivity index (χ1v) is 25.4. The second kappa shape index (κ2) is 24.7. The normalized spacial score (nSPS) is 37.9. The molecule has 22 heteroatoms. The zero-order valence-electron chi connectivity index (χ0n) is 41.1. The van der Waals surface area contributed by atoms with Gasteiger partial charge >= 0.3 is 11.9 Å². The van der Waals surface area contributed by atoms with E-state index in [0.29, 0.717) is 12.1 Å². The Kier molecular flexibility index (Phi) is 18.7. The zero-order chi connectivity index (χ0) is 52.1. The van der Waals surface area contributed by atoms with Gasteiger partial charge in [0, 0.05) is 5.56 Å². The molecule has 5 fully saturated rings. The van der Waals surface area contributed by atoms with Crippen LogP contribution in [0.3, 0.4) is 0 Å². The maximum Gasteiger partial charge on any atom is 0.338 e. The van der Waals surface area contributed by atoms with Gasteiger partial charge in [-0.05, 0) is 69.1 Å². The molecule has 9 unspecified atom stereocenters. The van der Waals surface area contributed by atoms with E-state index in [1.54, 1.807) is 24.4 Å². The average Bonchev–Trinajstić information content (AvgIpc) is 3.87. The number of carbonyl (C=O) groups excluding carboxylic acids is 1. The van der Waals surface area contributed by atoms with Gasteiger partial charge in [-0.2, -0.15) is 0 Å². The van der Waals surface area contributed by atoms with Crippen molar-refractivity contribution < 1.29 is 93.4 Å². The highest BCUT2D eigenvalue weighted by Gasteiger charge is 2.54. The summed E-state index contributed by atoms with van der Waals surface area (Å²) in [6.07, 6.45) is -17.9. The van der Waals surface area contributed by atoms with E-state index in [0.717, 1.165) is 43.2 Å². The summed E-state index contributed by atoms with van der Waals surface area (Å²) in [5, 5.41) is 107. The van der Waals surface area contributed by atoms with E-state index >= 15 is 0 Å². The average molecular weight is 1030 g/mol. The number of carboxylic acids is 1. The third-order valence-corrected chi connectivity index (χ3v) is 15.0. The number of benzene rings is 2. The van der Waals surface area contributed by atoms with Crippen molar-refractivity contribution in [1.29, 1.82) is 0 Å². The van der Waals surface area contributed by atoms with Crippen LogP contribution in [-0.2, 0) is 42.7 Å². The lowest BCUT2D eigenvalue weighted by molar-refractivity contribution is -0.350. The number of ether oxygens (including phenoxy) is 8. The summed E-state index contributed by atoms with van der Waals surface area (Å²) in [7, 11) is 0. The van der Waals surface area contributed by atoms with Crippen LogP contribution in [0.5, 0.6) is 0 Å². The van der Waals surface area contributed by atoms with Gasteiger partial charge in [0.2, 0.25) is 0 Å². The van der Waals surface area contributed by atoms with E-state index in [1.165, 1.54) is 23.7 Å². The summed E-state index contributed by atoms with van der Waals surface area (Å²) in [6, 6.07) is 14.3. The fourth-order valence-corrected chi connectivity index (χ4v) is 11.0. The lowest BCUT2D eigenvalue weighted by Crippen LogP contribution is -2.64. The molecule has 8 rings (SSSR count). The highest BCUT2D eigenvalue weighted by Crippen LogP contribution is 2.41. The Morgan fingerprint density at radius 2 is 1.45 bits per heavy atom. The number of aliphatic hydroxyl groups is 8. The van der Waals surface area contributed by atoms with E-state index in [1.807, 2.05) is 38.1 Å². The summed E-state index contributed by atoms with van der Waals surface area (Å²) in [5.41, 5.74) is 2.34. The van der Waals surface area contributed by atoms with E-state index in [9.17, 15) is 55.5 Å². The molecule has 0 spiro atoms. The topological polar surface area (TPSA) is 321 Å². The molecule has 22 nitrogen and oxygen atoms in total. The van der Waals surface area contributed by atoms with Crippen molar-refractivity contribution in [1.82, 2.24) is 15.0 Å². The van der Waals surface area contributed by atoms with Gasteiger partial charge in [0.25, 0.3) is 0 Å². The third-order valence-electron chi connectivity index (χ3n) is 15.0. The van der Waals surface area contributed by atoms with E-state index in [2.05, 4.69) is 10.3 Å². The number of carbonyl (C=O) groups is 2. The minimum atomic E-state index is -1.72. The summed E-state index contributed by atoms with van der Waals surface area (Å²) < 4.78 is 51.2. The molecular weight excluding hydrogens is 959 g/mol. The minimum Gasteiger partial charge on any atom is -0.479 e. The van der Waals surface area contributed by atoms with Crippen LogP contribution >= 0.6 is 0 Å². The van der Waals surface area contributed by atoms with Gasteiger partial charge in [-0.25, -0.2) is 14.3 Å². The molecule has 0 radical (unpaired) electrons. The maximum atomic E-state index is 13.9. The predicted octanol–water partition coefficient (Wildman–Crippen LogP) is 1.01. The lowest BCUT2D eigenvalue weighted by Gasteiger charge is -2.48. The smallest absolute Gasteiger partial charge is 0.338 e. The second-order valence-corrected chi connectivity index (χ2v) is 20.4. The number of carboxylic acid groups (broad SMARTS) is 1. The van der Waals surface area contributed by atoms with Crippen molar-refractivity contribution in [2.45, 2.75) is 183 Å². The van der Waals surface area contributed by atoms with Crippen LogP contribution < -0.4 is 0 Å². The van der Waals surface area contributed by atoms with Crippen molar-refractivity contribution in [3.8, 4) is 11.3 Å². The Balaban J connectivity index is 1.07. The molecule has 73 heavy (non-hydrogen) atoms. The van der Waals surface area contributed by atoms with Gasteiger partial charge in [0.15, 0.2) is 31.1 Å². The molecule has 0 amide bonds. The van der Waals surface area contributed by atoms with E-state index < -0.39 is 147 Å². The van der Waals surface area contributed by atoms with Crippen LogP contribution in [-0.4, -0.2) is 197 Å². The standard InChI is InChI=1S/C51H71N3O19/c1-25-11-10-16-31(17-25)32-21-54(53-52-32)37-39(58)35(22-55)70-49(41(37)60)66-24-29-18-26(2)44(73-50-43(62)42(61)38(57)27(3)67-50)33(20-29)69-51-46(72-48(65)30-14-8-5-9-15-30)45(40(59)36(23-56)71-51)68-34(47(63)64)19-28-12-6-4-7-13-28/h5,8-11,14-17,21,26-29,33-46,49-51,55-62H,4,6-7,12-13,18-20,22-24H2,1-3H3,(H,63,64)/t26?,27?,29?,33-,34+,35?,36+,37?,38-,39-,40+,41?,42+,43?,44-,45?,46?,49+,50+,51-/m1/s1. The fraction of sp³-hybridized carbons (Fsp3) is 0.686. The van der Waals surface area contributed by atoms with Crippen LogP contribution in [0, 0.1) is 24.7 Å². The minimum absolute atomic E-state index is 0.0170. The number of aliphatic carboxylic acids is 1. The van der Waals surface area contributed by atoms with Crippen LogP contribution in [0.1, 0.15) is 87.2 Å². The Morgan fingerprint density at radius 3 is 2.15 bits per heavy atom. The van der Waals surface area contributed by atoms with Gasteiger partial charge in [-0.3, -0.25) is 0 Å². The van der Waals surface area contributed by atoms with Gasteiger partial charge in [0.05, 0.1) is 49.9 Å². The largest absolute Gasteiger partial charge is 0.479 e. The molecule has 20 atom stereocenters. The summed E-state index contributed by atoms with van der Waals surface area (Å²) in [4.78, 5) is 26.8. The Hall–Kier alpha value is -4.08. The lowest BCUT2D eigenvalue weighted by atomic mass is 9.78. The summed E-state index contributed by atoms with van der Waals surface area (Å²) in [5.74, 6) is -3.12. The number of esters is 1. The third kappa shape index (κ3) is 12.8. The predicted molar refractivity (Wildman–Crippen MR) is 252 cm³/mol. The molecule has 2 aliphatic carbocycles. The first-order chi connectivity index (χ1) is 35.0. The van der Waals surface area contributed by atoms with Crippen molar-refractivity contribution in [3.05, 3.63) is 71.9 Å². The van der Waals surface area contributed by atoms with Crippen molar-refractivity contribution in [3.63, 3.8) is 0 Å². The number of aliphatic hydroxyl groups excluding tert-OH is 8. The molecule has 1 aromatic heterocycles. The van der Waals surface area contributed by atoms with Crippen molar-refractivity contribution in [2.75, 3.05) is 19.8 Å². The number of nitrogens with zero attached hydrogens (tertiary/aromatic N) is 3. The zero-order valence-corrected chi connectivity index (χ0v) is 41.1. The van der Waals surface area contributed by atoms with Gasteiger partial charge in [-0.1, -0.05) is 86.2 Å². The first-order valence-electron chi connectivity index (χ1n) is 25.4. The van der Waals surface area contributed by atoms with E-state index in [-0.39, 0.29) is 30.9 Å². The maximum absolute atomic E-state index is 13.9. The highest BCUT2D eigenvalue weighted by atomic mass is 16.7. The first kappa shape index (κ1) is 55.2.